The monoisotopic (exact) mass is 230 g/mol. The highest BCUT2D eigenvalue weighted by molar-refractivity contribution is 5.83. The molecule has 2 aromatic carbocycles. The highest BCUT2D eigenvalue weighted by Gasteiger charge is 2.10. The van der Waals surface area contributed by atoms with E-state index in [9.17, 15) is 5.11 Å². The van der Waals surface area contributed by atoms with Crippen molar-refractivity contribution in [1.29, 1.82) is 0 Å². The third-order valence-corrected chi connectivity index (χ3v) is 3.18. The Labute approximate surface area is 102 Å². The zero-order chi connectivity index (χ0) is 12.1. The van der Waals surface area contributed by atoms with E-state index in [2.05, 4.69) is 30.3 Å². The molecule has 0 bridgehead atoms. The summed E-state index contributed by atoms with van der Waals surface area (Å²) < 4.78 is 0. The zero-order valence-electron chi connectivity index (χ0n) is 9.84. The fraction of sp³-hybridized carbons (Fsp3) is 0.333. The Bertz CT molecular complexity index is 479. The van der Waals surface area contributed by atoms with Gasteiger partial charge in [0.1, 0.15) is 0 Å². The van der Waals surface area contributed by atoms with Gasteiger partial charge in [-0.3, -0.25) is 0 Å². The van der Waals surface area contributed by atoms with E-state index in [1.165, 1.54) is 10.8 Å². The number of benzene rings is 2. The van der Waals surface area contributed by atoms with Crippen molar-refractivity contribution >= 4 is 10.8 Å². The molecule has 0 spiro atoms. The maximum Gasteiger partial charge on any atom is 0.0499 e. The summed E-state index contributed by atoms with van der Waals surface area (Å²) in [5.41, 5.74) is 1.15. The van der Waals surface area contributed by atoms with Crippen molar-refractivity contribution in [3.05, 3.63) is 48.0 Å². The van der Waals surface area contributed by atoms with Crippen molar-refractivity contribution in [3.8, 4) is 0 Å². The molecule has 0 saturated heterocycles. The smallest absolute Gasteiger partial charge is 0.0499 e. The molecule has 0 heterocycles. The molecule has 17 heavy (non-hydrogen) atoms. The molecule has 0 radical (unpaired) electrons. The van der Waals surface area contributed by atoms with Crippen molar-refractivity contribution < 1.29 is 10.2 Å². The van der Waals surface area contributed by atoms with Gasteiger partial charge < -0.3 is 10.2 Å². The molecule has 2 heteroatoms. The predicted octanol–water partition coefficient (Wildman–Crippen LogP) is 2.69. The lowest BCUT2D eigenvalue weighted by atomic mass is 9.93. The fourth-order valence-corrected chi connectivity index (χ4v) is 2.16. The van der Waals surface area contributed by atoms with Gasteiger partial charge in [0.25, 0.3) is 0 Å². The van der Waals surface area contributed by atoms with E-state index in [-0.39, 0.29) is 19.1 Å². The molecule has 0 unspecified atom stereocenters. The van der Waals surface area contributed by atoms with Crippen LogP contribution >= 0.6 is 0 Å². The van der Waals surface area contributed by atoms with E-state index in [0.29, 0.717) is 0 Å². The normalized spacial score (nSPS) is 12.8. The van der Waals surface area contributed by atoms with Gasteiger partial charge in [-0.15, -0.1) is 0 Å². The van der Waals surface area contributed by atoms with Crippen LogP contribution < -0.4 is 0 Å². The summed E-state index contributed by atoms with van der Waals surface area (Å²) in [5, 5.41) is 20.7. The Morgan fingerprint density at radius 2 is 1.71 bits per heavy atom. The lowest BCUT2D eigenvalue weighted by molar-refractivity contribution is 0.237. The van der Waals surface area contributed by atoms with Crippen LogP contribution in [-0.4, -0.2) is 23.4 Å². The van der Waals surface area contributed by atoms with E-state index in [1.807, 2.05) is 12.1 Å². The number of fused-ring (bicyclic) bond motifs is 1. The minimum Gasteiger partial charge on any atom is -0.396 e. The Morgan fingerprint density at radius 1 is 0.941 bits per heavy atom. The van der Waals surface area contributed by atoms with Crippen molar-refractivity contribution in [2.45, 2.75) is 18.8 Å². The summed E-state index contributed by atoms with van der Waals surface area (Å²) in [4.78, 5) is 0. The Kier molecular flexibility index (Phi) is 4.13. The molecule has 1 atom stereocenters. The molecule has 0 fully saturated rings. The van der Waals surface area contributed by atoms with E-state index >= 15 is 0 Å². The molecule has 0 aliphatic rings. The molecule has 2 aromatic rings. The van der Waals surface area contributed by atoms with Crippen molar-refractivity contribution in [1.82, 2.24) is 0 Å². The van der Waals surface area contributed by atoms with Gasteiger partial charge in [0, 0.05) is 19.1 Å². The summed E-state index contributed by atoms with van der Waals surface area (Å²) in [7, 11) is 0. The fourth-order valence-electron chi connectivity index (χ4n) is 2.16. The van der Waals surface area contributed by atoms with Crippen molar-refractivity contribution in [2.24, 2.45) is 0 Å². The van der Waals surface area contributed by atoms with Gasteiger partial charge in [-0.25, -0.2) is 0 Å². The molecule has 0 aromatic heterocycles. The maximum atomic E-state index is 9.40. The van der Waals surface area contributed by atoms with E-state index in [4.69, 9.17) is 5.11 Å². The van der Waals surface area contributed by atoms with Crippen LogP contribution in [0.2, 0.25) is 0 Å². The second-order valence-corrected chi connectivity index (χ2v) is 4.35. The van der Waals surface area contributed by atoms with Gasteiger partial charge >= 0.3 is 0 Å². The van der Waals surface area contributed by atoms with Crippen LogP contribution in [0.3, 0.4) is 0 Å². The maximum absolute atomic E-state index is 9.40. The Morgan fingerprint density at radius 3 is 2.41 bits per heavy atom. The lowest BCUT2D eigenvalue weighted by Gasteiger charge is -2.14. The summed E-state index contributed by atoms with van der Waals surface area (Å²) in [6, 6.07) is 14.5. The van der Waals surface area contributed by atoms with Gasteiger partial charge in [0.2, 0.25) is 0 Å². The highest BCUT2D eigenvalue weighted by atomic mass is 16.3. The molecule has 0 amide bonds. The number of aliphatic hydroxyl groups excluding tert-OH is 2. The van der Waals surface area contributed by atoms with Crippen LogP contribution in [0, 0.1) is 0 Å². The summed E-state index contributed by atoms with van der Waals surface area (Å²) in [6.45, 7) is 0.322. The number of rotatable bonds is 5. The second kappa shape index (κ2) is 5.80. The summed E-state index contributed by atoms with van der Waals surface area (Å²) >= 11 is 0. The molecule has 90 valence electrons. The molecule has 2 N–H and O–H groups in total. The Hall–Kier alpha value is -1.38. The topological polar surface area (TPSA) is 40.5 Å². The first kappa shape index (κ1) is 12.1. The second-order valence-electron chi connectivity index (χ2n) is 4.35. The minimum atomic E-state index is 0.131. The first-order valence-corrected chi connectivity index (χ1v) is 6.05. The van der Waals surface area contributed by atoms with Crippen LogP contribution in [0.15, 0.2) is 42.5 Å². The van der Waals surface area contributed by atoms with Gasteiger partial charge in [0.15, 0.2) is 0 Å². The van der Waals surface area contributed by atoms with Crippen LogP contribution in [0.5, 0.6) is 0 Å². The number of hydrogen-bond donors (Lipinski definition) is 2. The SMILES string of the molecule is OCCC[C@@H](CO)c1ccc2ccccc2c1. The van der Waals surface area contributed by atoms with E-state index < -0.39 is 0 Å². The standard InChI is InChI=1S/C15H18O2/c16-9-3-6-15(11-17)14-8-7-12-4-1-2-5-13(12)10-14/h1-2,4-5,7-8,10,15-17H,3,6,9,11H2/t15-/m0/s1. The largest absolute Gasteiger partial charge is 0.396 e. The van der Waals surface area contributed by atoms with Crippen LogP contribution in [-0.2, 0) is 0 Å². The van der Waals surface area contributed by atoms with Gasteiger partial charge in [0.05, 0.1) is 0 Å². The van der Waals surface area contributed by atoms with Gasteiger partial charge in [-0.2, -0.15) is 0 Å². The molecule has 0 aliphatic carbocycles. The highest BCUT2D eigenvalue weighted by Crippen LogP contribution is 2.24. The molecular formula is C15H18O2. The third-order valence-electron chi connectivity index (χ3n) is 3.18. The average Bonchev–Trinajstić information content (AvgIpc) is 2.39. The van der Waals surface area contributed by atoms with Gasteiger partial charge in [-0.1, -0.05) is 42.5 Å². The molecule has 2 nitrogen and oxygen atoms in total. The summed E-state index contributed by atoms with van der Waals surface area (Å²) in [6.07, 6.45) is 1.56. The van der Waals surface area contributed by atoms with Crippen LogP contribution in [0.1, 0.15) is 24.3 Å². The molecular weight excluding hydrogens is 212 g/mol. The van der Waals surface area contributed by atoms with E-state index in [0.717, 1.165) is 18.4 Å². The Balaban J connectivity index is 2.27. The van der Waals surface area contributed by atoms with E-state index in [1.54, 1.807) is 0 Å². The van der Waals surface area contributed by atoms with Crippen molar-refractivity contribution in [2.75, 3.05) is 13.2 Å². The third kappa shape index (κ3) is 2.84. The van der Waals surface area contributed by atoms with Crippen molar-refractivity contribution in [3.63, 3.8) is 0 Å². The minimum absolute atomic E-state index is 0.131. The predicted molar refractivity (Wildman–Crippen MR) is 70.1 cm³/mol. The van der Waals surface area contributed by atoms with Crippen LogP contribution in [0.25, 0.3) is 10.8 Å². The number of hydrogen-bond acceptors (Lipinski definition) is 2. The number of aliphatic hydroxyl groups is 2. The van der Waals surface area contributed by atoms with Crippen LogP contribution in [0.4, 0.5) is 0 Å². The van der Waals surface area contributed by atoms with Gasteiger partial charge in [-0.05, 0) is 29.2 Å². The average molecular weight is 230 g/mol. The molecule has 0 aliphatic heterocycles. The quantitative estimate of drug-likeness (QED) is 0.829. The molecule has 0 saturated carbocycles. The summed E-state index contributed by atoms with van der Waals surface area (Å²) in [5.74, 6) is 0.131. The lowest BCUT2D eigenvalue weighted by Crippen LogP contribution is -2.05. The first-order valence-electron chi connectivity index (χ1n) is 6.05. The molecule has 2 rings (SSSR count). The zero-order valence-corrected chi connectivity index (χ0v) is 9.84. The first-order chi connectivity index (χ1) is 8.35.